The Labute approximate surface area is 102 Å². The first-order chi connectivity index (χ1) is 8.19. The Hall–Kier alpha value is -0.960. The molecule has 0 amide bonds. The van der Waals surface area contributed by atoms with Crippen LogP contribution in [-0.4, -0.2) is 13.1 Å². The van der Waals surface area contributed by atoms with Crippen molar-refractivity contribution in [3.8, 4) is 0 Å². The molecule has 1 N–H and O–H groups in total. The van der Waals surface area contributed by atoms with Crippen LogP contribution in [0.5, 0.6) is 0 Å². The van der Waals surface area contributed by atoms with E-state index in [1.807, 2.05) is 0 Å². The van der Waals surface area contributed by atoms with Crippen LogP contribution < -0.4 is 5.32 Å². The minimum absolute atomic E-state index is 0.359. The van der Waals surface area contributed by atoms with Crippen LogP contribution in [0, 0.1) is 17.6 Å². The second kappa shape index (κ2) is 7.38. The van der Waals surface area contributed by atoms with Gasteiger partial charge in [-0.25, -0.2) is 8.78 Å². The quantitative estimate of drug-likeness (QED) is 0.720. The van der Waals surface area contributed by atoms with Gasteiger partial charge < -0.3 is 5.32 Å². The lowest BCUT2D eigenvalue weighted by molar-refractivity contribution is 0.440. The summed E-state index contributed by atoms with van der Waals surface area (Å²) in [4.78, 5) is 0. The molecule has 0 aliphatic rings. The number of hydrogen-bond donors (Lipinski definition) is 1. The number of hydrogen-bond acceptors (Lipinski definition) is 1. The van der Waals surface area contributed by atoms with Gasteiger partial charge in [0.15, 0.2) is 11.6 Å². The fourth-order valence-corrected chi connectivity index (χ4v) is 1.86. The third kappa shape index (κ3) is 4.43. The highest BCUT2D eigenvalue weighted by Crippen LogP contribution is 2.17. The van der Waals surface area contributed by atoms with E-state index in [-0.39, 0.29) is 0 Å². The van der Waals surface area contributed by atoms with Crippen molar-refractivity contribution >= 4 is 0 Å². The van der Waals surface area contributed by atoms with Gasteiger partial charge in [-0.15, -0.1) is 0 Å². The summed E-state index contributed by atoms with van der Waals surface area (Å²) in [5.74, 6) is -1.09. The third-order valence-electron chi connectivity index (χ3n) is 2.98. The molecule has 17 heavy (non-hydrogen) atoms. The molecular weight excluding hydrogens is 220 g/mol. The molecule has 1 rings (SSSR count). The van der Waals surface area contributed by atoms with Crippen LogP contribution in [0.15, 0.2) is 18.2 Å². The van der Waals surface area contributed by atoms with Gasteiger partial charge in [0.25, 0.3) is 0 Å². The summed E-state index contributed by atoms with van der Waals surface area (Å²) in [6.45, 7) is 6.03. The van der Waals surface area contributed by atoms with Crippen molar-refractivity contribution in [1.29, 1.82) is 0 Å². The van der Waals surface area contributed by atoms with Gasteiger partial charge >= 0.3 is 0 Å². The average Bonchev–Trinajstić information content (AvgIpc) is 2.33. The summed E-state index contributed by atoms with van der Waals surface area (Å²) < 4.78 is 26.5. The fourth-order valence-electron chi connectivity index (χ4n) is 1.86. The molecule has 0 saturated heterocycles. The van der Waals surface area contributed by atoms with E-state index in [1.54, 1.807) is 12.1 Å². The summed E-state index contributed by atoms with van der Waals surface area (Å²) in [5, 5.41) is 3.32. The van der Waals surface area contributed by atoms with Crippen molar-refractivity contribution in [2.75, 3.05) is 13.1 Å². The summed E-state index contributed by atoms with van der Waals surface area (Å²) in [6.07, 6.45) is 2.65. The molecule has 1 atom stereocenters. The van der Waals surface area contributed by atoms with Crippen LogP contribution in [-0.2, 0) is 6.42 Å². The van der Waals surface area contributed by atoms with E-state index in [0.29, 0.717) is 17.9 Å². The molecule has 0 spiro atoms. The van der Waals surface area contributed by atoms with Crippen molar-refractivity contribution in [3.63, 3.8) is 0 Å². The maximum Gasteiger partial charge on any atom is 0.162 e. The smallest absolute Gasteiger partial charge is 0.162 e. The van der Waals surface area contributed by atoms with E-state index in [1.165, 1.54) is 0 Å². The lowest BCUT2D eigenvalue weighted by atomic mass is 9.96. The van der Waals surface area contributed by atoms with Gasteiger partial charge in [-0.2, -0.15) is 0 Å². The van der Waals surface area contributed by atoms with Gasteiger partial charge in [-0.1, -0.05) is 32.4 Å². The molecule has 1 aromatic rings. The molecule has 0 aromatic heterocycles. The molecule has 0 aliphatic heterocycles. The minimum atomic E-state index is -0.751. The maximum atomic E-state index is 13.5. The first kappa shape index (κ1) is 14.1. The van der Waals surface area contributed by atoms with Gasteiger partial charge in [0, 0.05) is 0 Å². The highest BCUT2D eigenvalue weighted by Gasteiger charge is 2.12. The van der Waals surface area contributed by atoms with Gasteiger partial charge in [0.05, 0.1) is 0 Å². The van der Waals surface area contributed by atoms with E-state index in [4.69, 9.17) is 0 Å². The Kier molecular flexibility index (Phi) is 6.12. The van der Waals surface area contributed by atoms with Crippen molar-refractivity contribution in [3.05, 3.63) is 35.4 Å². The fraction of sp³-hybridized carbons (Fsp3) is 0.571. The molecular formula is C14H21F2N. The Morgan fingerprint density at radius 3 is 2.65 bits per heavy atom. The van der Waals surface area contributed by atoms with Crippen molar-refractivity contribution in [1.82, 2.24) is 5.32 Å². The predicted molar refractivity (Wildman–Crippen MR) is 67.0 cm³/mol. The first-order valence-electron chi connectivity index (χ1n) is 6.32. The monoisotopic (exact) mass is 241 g/mol. The zero-order valence-electron chi connectivity index (χ0n) is 10.6. The van der Waals surface area contributed by atoms with Crippen molar-refractivity contribution in [2.45, 2.75) is 33.1 Å². The molecule has 0 radical (unpaired) electrons. The normalized spacial score (nSPS) is 12.7. The second-order valence-corrected chi connectivity index (χ2v) is 4.40. The first-order valence-corrected chi connectivity index (χ1v) is 6.32. The summed E-state index contributed by atoms with van der Waals surface area (Å²) in [6, 6.07) is 4.40. The number of benzene rings is 1. The van der Waals surface area contributed by atoms with E-state index in [9.17, 15) is 8.78 Å². The lowest BCUT2D eigenvalue weighted by Crippen LogP contribution is -2.24. The summed E-state index contributed by atoms with van der Waals surface area (Å²) in [5.41, 5.74) is 0.482. The zero-order valence-corrected chi connectivity index (χ0v) is 10.6. The lowest BCUT2D eigenvalue weighted by Gasteiger charge is -2.16. The van der Waals surface area contributed by atoms with Gasteiger partial charge in [-0.3, -0.25) is 0 Å². The van der Waals surface area contributed by atoms with Crippen LogP contribution in [0.25, 0.3) is 0 Å². The molecule has 1 nitrogen and oxygen atoms in total. The van der Waals surface area contributed by atoms with Crippen LogP contribution in [0.2, 0.25) is 0 Å². The number of rotatable bonds is 7. The Balaban J connectivity index is 2.57. The highest BCUT2D eigenvalue weighted by atomic mass is 19.2. The number of halogens is 2. The van der Waals surface area contributed by atoms with Crippen molar-refractivity contribution in [2.24, 2.45) is 5.92 Å². The molecule has 0 aliphatic carbocycles. The summed E-state index contributed by atoms with van der Waals surface area (Å²) in [7, 11) is 0. The molecule has 1 aromatic carbocycles. The summed E-state index contributed by atoms with van der Waals surface area (Å²) >= 11 is 0. The third-order valence-corrected chi connectivity index (χ3v) is 2.98. The molecule has 3 heteroatoms. The van der Waals surface area contributed by atoms with Gasteiger partial charge in [0.2, 0.25) is 0 Å². The molecule has 0 heterocycles. The van der Waals surface area contributed by atoms with E-state index in [2.05, 4.69) is 19.2 Å². The van der Waals surface area contributed by atoms with Crippen LogP contribution >= 0.6 is 0 Å². The maximum absolute atomic E-state index is 13.5. The zero-order chi connectivity index (χ0) is 12.7. The largest absolute Gasteiger partial charge is 0.316 e. The number of nitrogens with one attached hydrogen (secondary N) is 1. The molecule has 0 fully saturated rings. The Morgan fingerprint density at radius 1 is 1.24 bits per heavy atom. The van der Waals surface area contributed by atoms with E-state index < -0.39 is 11.6 Å². The molecule has 0 saturated carbocycles. The molecule has 96 valence electrons. The SMILES string of the molecule is CCCNCC(CC)Cc1cccc(F)c1F. The minimum Gasteiger partial charge on any atom is -0.316 e. The van der Waals surface area contributed by atoms with Crippen LogP contribution in [0.3, 0.4) is 0 Å². The van der Waals surface area contributed by atoms with Gasteiger partial charge in [-0.05, 0) is 43.5 Å². The molecule has 1 unspecified atom stereocenters. The van der Waals surface area contributed by atoms with Crippen molar-refractivity contribution < 1.29 is 8.78 Å². The molecule has 0 bridgehead atoms. The predicted octanol–water partition coefficient (Wildman–Crippen LogP) is 3.53. The highest BCUT2D eigenvalue weighted by molar-refractivity contribution is 5.19. The Morgan fingerprint density at radius 2 is 2.00 bits per heavy atom. The standard InChI is InChI=1S/C14H21F2N/c1-3-8-17-10-11(4-2)9-12-6-5-7-13(15)14(12)16/h5-7,11,17H,3-4,8-10H2,1-2H3. The van der Waals surface area contributed by atoms with E-state index >= 15 is 0 Å². The second-order valence-electron chi connectivity index (χ2n) is 4.40. The van der Waals surface area contributed by atoms with Crippen LogP contribution in [0.1, 0.15) is 32.3 Å². The topological polar surface area (TPSA) is 12.0 Å². The van der Waals surface area contributed by atoms with Gasteiger partial charge in [0.1, 0.15) is 0 Å². The average molecular weight is 241 g/mol. The Bertz CT molecular complexity index is 339. The van der Waals surface area contributed by atoms with Crippen LogP contribution in [0.4, 0.5) is 8.78 Å². The van der Waals surface area contributed by atoms with E-state index in [0.717, 1.165) is 32.0 Å².